The van der Waals surface area contributed by atoms with Gasteiger partial charge >= 0.3 is 0 Å². The maximum atomic E-state index is 11.3. The molecule has 0 fully saturated rings. The van der Waals surface area contributed by atoms with Gasteiger partial charge in [0.25, 0.3) is 0 Å². The molecule has 15 heavy (non-hydrogen) atoms. The highest BCUT2D eigenvalue weighted by Gasteiger charge is 2.06. The molecule has 0 bridgehead atoms. The lowest BCUT2D eigenvalue weighted by Gasteiger charge is -2.02. The predicted molar refractivity (Wildman–Crippen MR) is 60.1 cm³/mol. The molecule has 0 aliphatic rings. The van der Waals surface area contributed by atoms with E-state index in [-0.39, 0.29) is 18.0 Å². The van der Waals surface area contributed by atoms with E-state index in [4.69, 9.17) is 11.6 Å². The smallest absolute Gasteiger partial charge is 0.140 e. The van der Waals surface area contributed by atoms with Gasteiger partial charge in [0, 0.05) is 11.4 Å². The Kier molecular flexibility index (Phi) is 4.50. The first-order valence-corrected chi connectivity index (χ1v) is 5.22. The molecule has 0 aliphatic heterocycles. The molecule has 0 spiro atoms. The first-order chi connectivity index (χ1) is 7.09. The third-order valence-electron chi connectivity index (χ3n) is 2.08. The highest BCUT2D eigenvalue weighted by Crippen LogP contribution is 2.16. The number of ketones is 2. The van der Waals surface area contributed by atoms with Gasteiger partial charge in [-0.25, -0.2) is 0 Å². The fourth-order valence-electron chi connectivity index (χ4n) is 1.34. The average Bonchev–Trinajstić information content (AvgIpc) is 2.15. The average molecular weight is 225 g/mol. The SMILES string of the molecule is CC(=O)CC(=O)CCc1ccccc1Cl. The minimum absolute atomic E-state index is 0.0255. The van der Waals surface area contributed by atoms with E-state index in [1.54, 1.807) is 6.07 Å². The number of carbonyl (C=O) groups is 2. The van der Waals surface area contributed by atoms with Crippen molar-refractivity contribution in [1.29, 1.82) is 0 Å². The molecular weight excluding hydrogens is 212 g/mol. The molecule has 0 atom stereocenters. The van der Waals surface area contributed by atoms with Crippen molar-refractivity contribution in [3.63, 3.8) is 0 Å². The zero-order chi connectivity index (χ0) is 11.3. The van der Waals surface area contributed by atoms with Gasteiger partial charge in [-0.15, -0.1) is 0 Å². The lowest BCUT2D eigenvalue weighted by molar-refractivity contribution is -0.125. The summed E-state index contributed by atoms with van der Waals surface area (Å²) in [7, 11) is 0. The van der Waals surface area contributed by atoms with Crippen LogP contribution in [0.25, 0.3) is 0 Å². The Morgan fingerprint density at radius 3 is 2.53 bits per heavy atom. The predicted octanol–water partition coefficient (Wildman–Crippen LogP) is 2.82. The minimum atomic E-state index is -0.0841. The second-order valence-corrected chi connectivity index (χ2v) is 3.92. The zero-order valence-electron chi connectivity index (χ0n) is 8.63. The van der Waals surface area contributed by atoms with E-state index >= 15 is 0 Å². The standard InChI is InChI=1S/C12H13ClO2/c1-9(14)8-11(15)7-6-10-4-2-3-5-12(10)13/h2-5H,6-8H2,1H3. The summed E-state index contributed by atoms with van der Waals surface area (Å²) < 4.78 is 0. The lowest BCUT2D eigenvalue weighted by atomic mass is 10.1. The molecule has 80 valence electrons. The van der Waals surface area contributed by atoms with Gasteiger partial charge in [-0.05, 0) is 25.0 Å². The summed E-state index contributed by atoms with van der Waals surface area (Å²) in [5.41, 5.74) is 0.955. The second kappa shape index (κ2) is 5.66. The van der Waals surface area contributed by atoms with Crippen molar-refractivity contribution in [2.75, 3.05) is 0 Å². The number of halogens is 1. The molecular formula is C12H13ClO2. The van der Waals surface area contributed by atoms with Crippen molar-refractivity contribution in [3.8, 4) is 0 Å². The molecule has 0 radical (unpaired) electrons. The van der Waals surface area contributed by atoms with Gasteiger partial charge in [0.2, 0.25) is 0 Å². The fraction of sp³-hybridized carbons (Fsp3) is 0.333. The molecule has 0 saturated carbocycles. The van der Waals surface area contributed by atoms with E-state index < -0.39 is 0 Å². The van der Waals surface area contributed by atoms with Crippen LogP contribution in [0.3, 0.4) is 0 Å². The van der Waals surface area contributed by atoms with Crippen LogP contribution in [0.15, 0.2) is 24.3 Å². The van der Waals surface area contributed by atoms with Crippen LogP contribution in [-0.2, 0) is 16.0 Å². The fourth-order valence-corrected chi connectivity index (χ4v) is 1.57. The Morgan fingerprint density at radius 1 is 1.27 bits per heavy atom. The van der Waals surface area contributed by atoms with Gasteiger partial charge in [0.15, 0.2) is 0 Å². The van der Waals surface area contributed by atoms with Crippen LogP contribution in [-0.4, -0.2) is 11.6 Å². The van der Waals surface area contributed by atoms with Crippen molar-refractivity contribution in [2.45, 2.75) is 26.2 Å². The van der Waals surface area contributed by atoms with Crippen LogP contribution < -0.4 is 0 Å². The highest BCUT2D eigenvalue weighted by atomic mass is 35.5. The number of benzene rings is 1. The number of rotatable bonds is 5. The van der Waals surface area contributed by atoms with Crippen LogP contribution in [0.5, 0.6) is 0 Å². The summed E-state index contributed by atoms with van der Waals surface area (Å²) in [4.78, 5) is 22.0. The minimum Gasteiger partial charge on any atom is -0.300 e. The Bertz CT molecular complexity index is 372. The van der Waals surface area contributed by atoms with Crippen molar-refractivity contribution >= 4 is 23.2 Å². The summed E-state index contributed by atoms with van der Waals surface area (Å²) in [6.07, 6.45) is 1.01. The molecule has 0 amide bonds. The zero-order valence-corrected chi connectivity index (χ0v) is 9.38. The normalized spacial score (nSPS) is 10.0. The summed E-state index contributed by atoms with van der Waals surface area (Å²) in [6.45, 7) is 1.42. The Balaban J connectivity index is 2.47. The second-order valence-electron chi connectivity index (χ2n) is 3.51. The van der Waals surface area contributed by atoms with Gasteiger partial charge in [-0.3, -0.25) is 9.59 Å². The molecule has 0 heterocycles. The molecule has 3 heteroatoms. The number of carbonyl (C=O) groups excluding carboxylic acids is 2. The Hall–Kier alpha value is -1.15. The van der Waals surface area contributed by atoms with E-state index in [2.05, 4.69) is 0 Å². The molecule has 0 aliphatic carbocycles. The quantitative estimate of drug-likeness (QED) is 0.721. The van der Waals surface area contributed by atoms with Crippen molar-refractivity contribution in [1.82, 2.24) is 0 Å². The number of Topliss-reactive ketones (excluding diaryl/α,β-unsaturated/α-hetero) is 2. The molecule has 0 N–H and O–H groups in total. The molecule has 1 rings (SSSR count). The maximum Gasteiger partial charge on any atom is 0.140 e. The molecule has 1 aromatic carbocycles. The van der Waals surface area contributed by atoms with E-state index in [1.807, 2.05) is 18.2 Å². The largest absolute Gasteiger partial charge is 0.300 e. The number of aryl methyl sites for hydroxylation is 1. The van der Waals surface area contributed by atoms with E-state index in [0.29, 0.717) is 17.9 Å². The highest BCUT2D eigenvalue weighted by molar-refractivity contribution is 6.31. The van der Waals surface area contributed by atoms with Crippen LogP contribution in [0.2, 0.25) is 5.02 Å². The molecule has 0 unspecified atom stereocenters. The van der Waals surface area contributed by atoms with Gasteiger partial charge in [-0.2, -0.15) is 0 Å². The molecule has 0 aromatic heterocycles. The number of hydrogen-bond donors (Lipinski definition) is 0. The van der Waals surface area contributed by atoms with Gasteiger partial charge in [-0.1, -0.05) is 29.8 Å². The van der Waals surface area contributed by atoms with Gasteiger partial charge < -0.3 is 0 Å². The van der Waals surface area contributed by atoms with Gasteiger partial charge in [0.05, 0.1) is 6.42 Å². The maximum absolute atomic E-state index is 11.3. The van der Waals surface area contributed by atoms with Crippen LogP contribution in [0.4, 0.5) is 0 Å². The van der Waals surface area contributed by atoms with Crippen molar-refractivity contribution in [2.24, 2.45) is 0 Å². The van der Waals surface area contributed by atoms with E-state index in [0.717, 1.165) is 5.56 Å². The topological polar surface area (TPSA) is 34.1 Å². The summed E-state index contributed by atoms with van der Waals surface area (Å²) in [5.74, 6) is -0.110. The first kappa shape index (κ1) is 11.9. The van der Waals surface area contributed by atoms with Crippen LogP contribution in [0.1, 0.15) is 25.3 Å². The Morgan fingerprint density at radius 2 is 1.93 bits per heavy atom. The van der Waals surface area contributed by atoms with E-state index in [1.165, 1.54) is 6.92 Å². The summed E-state index contributed by atoms with van der Waals surface area (Å²) in [5, 5.41) is 0.674. The number of hydrogen-bond acceptors (Lipinski definition) is 2. The summed E-state index contributed by atoms with van der Waals surface area (Å²) >= 11 is 5.94. The lowest BCUT2D eigenvalue weighted by Crippen LogP contribution is -2.05. The van der Waals surface area contributed by atoms with Crippen LogP contribution in [0, 0.1) is 0 Å². The molecule has 2 nitrogen and oxygen atoms in total. The summed E-state index contributed by atoms with van der Waals surface area (Å²) in [6, 6.07) is 7.43. The van der Waals surface area contributed by atoms with Gasteiger partial charge in [0.1, 0.15) is 11.6 Å². The Labute approximate surface area is 94.2 Å². The third-order valence-corrected chi connectivity index (χ3v) is 2.45. The molecule has 0 saturated heterocycles. The monoisotopic (exact) mass is 224 g/mol. The molecule has 1 aromatic rings. The van der Waals surface area contributed by atoms with Crippen molar-refractivity contribution in [3.05, 3.63) is 34.9 Å². The first-order valence-electron chi connectivity index (χ1n) is 4.84. The third kappa shape index (κ3) is 4.26. The van der Waals surface area contributed by atoms with Crippen LogP contribution >= 0.6 is 11.6 Å². The van der Waals surface area contributed by atoms with E-state index in [9.17, 15) is 9.59 Å². The van der Waals surface area contributed by atoms with Crippen molar-refractivity contribution < 1.29 is 9.59 Å².